The predicted octanol–water partition coefficient (Wildman–Crippen LogP) is 3.61. The maximum atomic E-state index is 12.9. The van der Waals surface area contributed by atoms with E-state index < -0.39 is 6.04 Å². The van der Waals surface area contributed by atoms with Gasteiger partial charge in [-0.1, -0.05) is 69.8 Å². The van der Waals surface area contributed by atoms with E-state index in [-0.39, 0.29) is 17.7 Å². The van der Waals surface area contributed by atoms with Crippen LogP contribution in [0.1, 0.15) is 58.0 Å². The Kier molecular flexibility index (Phi) is 10.0. The highest BCUT2D eigenvalue weighted by molar-refractivity contribution is 7.98. The second-order valence-electron chi connectivity index (χ2n) is 8.51. The van der Waals surface area contributed by atoms with Gasteiger partial charge in [0.25, 0.3) is 0 Å². The molecule has 0 saturated heterocycles. The Morgan fingerprint density at radius 1 is 1.06 bits per heavy atom. The van der Waals surface area contributed by atoms with Gasteiger partial charge in [-0.3, -0.25) is 9.59 Å². The van der Waals surface area contributed by atoms with Crippen molar-refractivity contribution in [2.45, 2.75) is 64.7 Å². The highest BCUT2D eigenvalue weighted by atomic mass is 32.2. The number of aryl methyl sites for hydroxylation is 1. The zero-order valence-corrected chi connectivity index (χ0v) is 20.0. The lowest BCUT2D eigenvalue weighted by molar-refractivity contribution is -0.129. The van der Waals surface area contributed by atoms with E-state index in [2.05, 4.69) is 39.2 Å². The van der Waals surface area contributed by atoms with Gasteiger partial charge in [0.1, 0.15) is 11.9 Å². The Morgan fingerprint density at radius 3 is 2.39 bits per heavy atom. The summed E-state index contributed by atoms with van der Waals surface area (Å²) in [7, 11) is 0. The zero-order chi connectivity index (χ0) is 22.8. The third kappa shape index (κ3) is 8.01. The first kappa shape index (κ1) is 24.9. The topological polar surface area (TPSA) is 88.9 Å². The smallest absolute Gasteiger partial charge is 0.247 e. The number of amides is 2. The van der Waals surface area contributed by atoms with Crippen LogP contribution in [0.25, 0.3) is 0 Å². The molecule has 0 aliphatic carbocycles. The van der Waals surface area contributed by atoms with Crippen LogP contribution in [0.3, 0.4) is 0 Å². The molecular weight excluding hydrogens is 410 g/mol. The summed E-state index contributed by atoms with van der Waals surface area (Å²) in [6.45, 7) is 9.69. The number of thioether (sulfide) groups is 1. The monoisotopic (exact) mass is 445 g/mol. The summed E-state index contributed by atoms with van der Waals surface area (Å²) < 4.78 is 2.16. The lowest BCUT2D eigenvalue weighted by atomic mass is 10.0. The molecule has 1 atom stereocenters. The molecule has 0 radical (unpaired) electrons. The Labute approximate surface area is 189 Å². The van der Waals surface area contributed by atoms with Gasteiger partial charge in [0.2, 0.25) is 11.8 Å². The molecule has 0 fully saturated rings. The van der Waals surface area contributed by atoms with Crippen molar-refractivity contribution >= 4 is 23.6 Å². The quantitative estimate of drug-likeness (QED) is 0.385. The van der Waals surface area contributed by atoms with Gasteiger partial charge in [0.15, 0.2) is 5.16 Å². The van der Waals surface area contributed by atoms with Crippen molar-refractivity contribution in [3.63, 3.8) is 0 Å². The molecule has 7 nitrogen and oxygen atoms in total. The number of benzene rings is 1. The zero-order valence-electron chi connectivity index (χ0n) is 19.2. The molecular formula is C23H35N5O2S. The molecule has 0 spiro atoms. The third-order valence-electron chi connectivity index (χ3n) is 4.69. The van der Waals surface area contributed by atoms with Crippen LogP contribution in [-0.4, -0.2) is 39.4 Å². The Morgan fingerprint density at radius 2 is 1.77 bits per heavy atom. The molecule has 0 saturated carbocycles. The molecule has 2 aromatic rings. The summed E-state index contributed by atoms with van der Waals surface area (Å²) in [6, 6.07) is 8.66. The summed E-state index contributed by atoms with van der Waals surface area (Å²) >= 11 is 1.59. The second-order valence-corrected chi connectivity index (χ2v) is 9.28. The van der Waals surface area contributed by atoms with Gasteiger partial charge in [0.05, 0.1) is 0 Å². The van der Waals surface area contributed by atoms with E-state index in [1.54, 1.807) is 11.8 Å². The SMILES string of the molecule is CSc1nnc(CCCNC(=O)C(NC(=O)CC(C)C)c2ccccc2)n1CC(C)C. The molecule has 0 aliphatic rings. The van der Waals surface area contributed by atoms with Crippen molar-refractivity contribution in [3.05, 3.63) is 41.7 Å². The summed E-state index contributed by atoms with van der Waals surface area (Å²) in [5, 5.41) is 15.4. The van der Waals surface area contributed by atoms with Crippen LogP contribution in [-0.2, 0) is 22.6 Å². The normalized spacial score (nSPS) is 12.2. The van der Waals surface area contributed by atoms with E-state index >= 15 is 0 Å². The van der Waals surface area contributed by atoms with Crippen LogP contribution in [0.4, 0.5) is 0 Å². The first-order valence-electron chi connectivity index (χ1n) is 10.9. The average Bonchev–Trinajstić information content (AvgIpc) is 3.10. The molecule has 31 heavy (non-hydrogen) atoms. The number of carbonyl (C=O) groups excluding carboxylic acids is 2. The van der Waals surface area contributed by atoms with E-state index in [1.807, 2.05) is 50.4 Å². The van der Waals surface area contributed by atoms with Crippen molar-refractivity contribution in [1.82, 2.24) is 25.4 Å². The van der Waals surface area contributed by atoms with E-state index in [0.29, 0.717) is 18.9 Å². The van der Waals surface area contributed by atoms with Crippen LogP contribution in [0.5, 0.6) is 0 Å². The average molecular weight is 446 g/mol. The van der Waals surface area contributed by atoms with E-state index in [1.165, 1.54) is 0 Å². The van der Waals surface area contributed by atoms with E-state index in [0.717, 1.165) is 35.9 Å². The largest absolute Gasteiger partial charge is 0.354 e. The van der Waals surface area contributed by atoms with Gasteiger partial charge in [0, 0.05) is 25.9 Å². The fourth-order valence-corrected chi connectivity index (χ4v) is 3.82. The minimum absolute atomic E-state index is 0.120. The minimum atomic E-state index is -0.694. The van der Waals surface area contributed by atoms with Gasteiger partial charge < -0.3 is 15.2 Å². The molecule has 1 aromatic carbocycles. The van der Waals surface area contributed by atoms with Crippen LogP contribution >= 0.6 is 11.8 Å². The van der Waals surface area contributed by atoms with E-state index in [4.69, 9.17) is 0 Å². The van der Waals surface area contributed by atoms with Gasteiger partial charge >= 0.3 is 0 Å². The molecule has 1 heterocycles. The van der Waals surface area contributed by atoms with Crippen molar-refractivity contribution in [1.29, 1.82) is 0 Å². The molecule has 2 rings (SSSR count). The van der Waals surface area contributed by atoms with Gasteiger partial charge in [-0.05, 0) is 30.1 Å². The van der Waals surface area contributed by atoms with Gasteiger partial charge in [-0.15, -0.1) is 10.2 Å². The lowest BCUT2D eigenvalue weighted by Gasteiger charge is -2.19. The fourth-order valence-electron chi connectivity index (χ4n) is 3.30. The number of carbonyl (C=O) groups is 2. The number of nitrogens with zero attached hydrogens (tertiary/aromatic N) is 3. The summed E-state index contributed by atoms with van der Waals surface area (Å²) in [6.07, 6.45) is 3.87. The third-order valence-corrected chi connectivity index (χ3v) is 5.36. The molecule has 2 N–H and O–H groups in total. The first-order valence-corrected chi connectivity index (χ1v) is 12.1. The maximum absolute atomic E-state index is 12.9. The Hall–Kier alpha value is -2.35. The van der Waals surface area contributed by atoms with Crippen LogP contribution in [0.15, 0.2) is 35.5 Å². The van der Waals surface area contributed by atoms with E-state index in [9.17, 15) is 9.59 Å². The van der Waals surface area contributed by atoms with Crippen LogP contribution in [0.2, 0.25) is 0 Å². The molecule has 0 aliphatic heterocycles. The number of rotatable bonds is 12. The fraction of sp³-hybridized carbons (Fsp3) is 0.565. The summed E-state index contributed by atoms with van der Waals surface area (Å²) in [4.78, 5) is 25.2. The van der Waals surface area contributed by atoms with Crippen LogP contribution in [0, 0.1) is 11.8 Å². The predicted molar refractivity (Wildman–Crippen MR) is 125 cm³/mol. The number of aromatic nitrogens is 3. The Bertz CT molecular complexity index is 836. The standard InChI is InChI=1S/C23H35N5O2S/c1-16(2)14-20(29)25-21(18-10-7-6-8-11-18)22(30)24-13-9-12-19-26-27-23(31-5)28(19)15-17(3)4/h6-8,10-11,16-17,21H,9,12-15H2,1-5H3,(H,24,30)(H,25,29). The molecule has 2 amide bonds. The molecule has 1 aromatic heterocycles. The van der Waals surface area contributed by atoms with Crippen molar-refractivity contribution in [2.24, 2.45) is 11.8 Å². The van der Waals surface area contributed by atoms with Crippen molar-refractivity contribution in [2.75, 3.05) is 12.8 Å². The molecule has 1 unspecified atom stereocenters. The minimum Gasteiger partial charge on any atom is -0.354 e. The first-order chi connectivity index (χ1) is 14.8. The molecule has 0 bridgehead atoms. The number of nitrogens with one attached hydrogen (secondary N) is 2. The van der Waals surface area contributed by atoms with Crippen molar-refractivity contribution in [3.8, 4) is 0 Å². The number of hydrogen-bond acceptors (Lipinski definition) is 5. The summed E-state index contributed by atoms with van der Waals surface area (Å²) in [5.41, 5.74) is 0.776. The van der Waals surface area contributed by atoms with Gasteiger partial charge in [-0.25, -0.2) is 0 Å². The maximum Gasteiger partial charge on any atom is 0.247 e. The van der Waals surface area contributed by atoms with Gasteiger partial charge in [-0.2, -0.15) is 0 Å². The van der Waals surface area contributed by atoms with Crippen LogP contribution < -0.4 is 10.6 Å². The molecule has 8 heteroatoms. The second kappa shape index (κ2) is 12.5. The summed E-state index contributed by atoms with van der Waals surface area (Å²) in [5.74, 6) is 1.36. The number of hydrogen-bond donors (Lipinski definition) is 2. The highest BCUT2D eigenvalue weighted by Gasteiger charge is 2.22. The highest BCUT2D eigenvalue weighted by Crippen LogP contribution is 2.17. The lowest BCUT2D eigenvalue weighted by Crippen LogP contribution is -2.41. The molecule has 170 valence electrons. The Balaban J connectivity index is 1.95. The van der Waals surface area contributed by atoms with Crippen molar-refractivity contribution < 1.29 is 9.59 Å².